The molecular weight excluding hydrogens is 400 g/mol. The van der Waals surface area contributed by atoms with Crippen LogP contribution in [0.1, 0.15) is 55.8 Å². The molecule has 0 heterocycles. The Morgan fingerprint density at radius 3 is 2.29 bits per heavy atom. The van der Waals surface area contributed by atoms with Crippen LogP contribution in [0.25, 0.3) is 0 Å². The van der Waals surface area contributed by atoms with E-state index >= 15 is 0 Å². The zero-order valence-corrected chi connectivity index (χ0v) is 18.0. The minimum atomic E-state index is -3.25. The van der Waals surface area contributed by atoms with Gasteiger partial charge in [-0.1, -0.05) is 24.9 Å². The molecule has 8 heteroatoms. The number of hydrogen-bond donors (Lipinski definition) is 2. The van der Waals surface area contributed by atoms with E-state index < -0.39 is 21.8 Å². The summed E-state index contributed by atoms with van der Waals surface area (Å²) in [5, 5.41) is 6.18. The van der Waals surface area contributed by atoms with Gasteiger partial charge in [-0.25, -0.2) is 8.42 Å². The standard InChI is InChI=1S/C20H29ClN2O4S/c1-3-14-4-10-17(11-5-14)22-20(25)18(12-13-28(2,26)27)23-19(24)15-6-8-16(21)9-7-15/h6-9,14,17-18H,3-5,10-13H2,1-2H3,(H,22,25)(H,23,24). The Kier molecular flexibility index (Phi) is 8.31. The topological polar surface area (TPSA) is 92.3 Å². The molecule has 28 heavy (non-hydrogen) atoms. The second-order valence-corrected chi connectivity index (χ2v) is 10.3. The van der Waals surface area contributed by atoms with Crippen molar-refractivity contribution in [2.45, 2.75) is 57.5 Å². The molecular formula is C20H29ClN2O4S. The Labute approximate surface area is 172 Å². The van der Waals surface area contributed by atoms with Crippen LogP contribution in [0, 0.1) is 5.92 Å². The second-order valence-electron chi connectivity index (χ2n) is 7.59. The van der Waals surface area contributed by atoms with Crippen molar-refractivity contribution in [1.29, 1.82) is 0 Å². The van der Waals surface area contributed by atoms with Gasteiger partial charge in [0.25, 0.3) is 5.91 Å². The van der Waals surface area contributed by atoms with Gasteiger partial charge in [0, 0.05) is 22.9 Å². The fourth-order valence-corrected chi connectivity index (χ4v) is 4.25. The van der Waals surface area contributed by atoms with Gasteiger partial charge in [-0.15, -0.1) is 0 Å². The molecule has 0 bridgehead atoms. The van der Waals surface area contributed by atoms with E-state index in [2.05, 4.69) is 17.6 Å². The molecule has 1 aliphatic carbocycles. The molecule has 0 aromatic heterocycles. The van der Waals surface area contributed by atoms with Gasteiger partial charge >= 0.3 is 0 Å². The van der Waals surface area contributed by atoms with Gasteiger partial charge in [0.15, 0.2) is 0 Å². The number of carbonyl (C=O) groups excluding carboxylic acids is 2. The largest absolute Gasteiger partial charge is 0.352 e. The predicted octanol–water partition coefficient (Wildman–Crippen LogP) is 2.96. The van der Waals surface area contributed by atoms with Crippen molar-refractivity contribution in [2.75, 3.05) is 12.0 Å². The first-order valence-electron chi connectivity index (χ1n) is 9.72. The fraction of sp³-hybridized carbons (Fsp3) is 0.600. The molecule has 1 aromatic rings. The highest BCUT2D eigenvalue weighted by Gasteiger charge is 2.27. The quantitative estimate of drug-likeness (QED) is 0.665. The monoisotopic (exact) mass is 428 g/mol. The SMILES string of the molecule is CCC1CCC(NC(=O)C(CCS(C)(=O)=O)NC(=O)c2ccc(Cl)cc2)CC1. The van der Waals surface area contributed by atoms with Crippen molar-refractivity contribution in [2.24, 2.45) is 5.92 Å². The van der Waals surface area contributed by atoms with Crippen molar-refractivity contribution in [1.82, 2.24) is 10.6 Å². The highest BCUT2D eigenvalue weighted by Crippen LogP contribution is 2.26. The Hall–Kier alpha value is -1.60. The first kappa shape index (κ1) is 22.7. The highest BCUT2D eigenvalue weighted by atomic mass is 35.5. The maximum atomic E-state index is 12.8. The van der Waals surface area contributed by atoms with Crippen molar-refractivity contribution in [3.63, 3.8) is 0 Å². The van der Waals surface area contributed by atoms with E-state index in [1.54, 1.807) is 24.3 Å². The fourth-order valence-electron chi connectivity index (χ4n) is 3.46. The van der Waals surface area contributed by atoms with Gasteiger partial charge in [0.2, 0.25) is 5.91 Å². The van der Waals surface area contributed by atoms with Crippen LogP contribution in [0.2, 0.25) is 5.02 Å². The summed E-state index contributed by atoms with van der Waals surface area (Å²) >= 11 is 5.84. The summed E-state index contributed by atoms with van der Waals surface area (Å²) in [6, 6.07) is 5.48. The molecule has 1 unspecified atom stereocenters. The summed E-state index contributed by atoms with van der Waals surface area (Å²) in [6.07, 6.45) is 6.28. The molecule has 2 N–H and O–H groups in total. The normalized spacial score (nSPS) is 21.0. The lowest BCUT2D eigenvalue weighted by Gasteiger charge is -2.30. The Balaban J connectivity index is 2.02. The van der Waals surface area contributed by atoms with Crippen molar-refractivity contribution in [3.8, 4) is 0 Å². The number of carbonyl (C=O) groups is 2. The third kappa shape index (κ3) is 7.43. The zero-order chi connectivity index (χ0) is 20.7. The predicted molar refractivity (Wildman–Crippen MR) is 111 cm³/mol. The van der Waals surface area contributed by atoms with E-state index in [0.717, 1.165) is 38.4 Å². The Morgan fingerprint density at radius 2 is 1.75 bits per heavy atom. The molecule has 2 amide bonds. The number of halogens is 1. The Bertz CT molecular complexity index is 772. The van der Waals surface area contributed by atoms with Crippen LogP contribution >= 0.6 is 11.6 Å². The Morgan fingerprint density at radius 1 is 1.14 bits per heavy atom. The second kappa shape index (κ2) is 10.3. The van der Waals surface area contributed by atoms with Crippen LogP contribution in [0.3, 0.4) is 0 Å². The van der Waals surface area contributed by atoms with Crippen LogP contribution in [-0.2, 0) is 14.6 Å². The van der Waals surface area contributed by atoms with Crippen LogP contribution in [0.15, 0.2) is 24.3 Å². The smallest absolute Gasteiger partial charge is 0.251 e. The van der Waals surface area contributed by atoms with Gasteiger partial charge in [-0.2, -0.15) is 0 Å². The van der Waals surface area contributed by atoms with E-state index in [-0.39, 0.29) is 24.1 Å². The summed E-state index contributed by atoms with van der Waals surface area (Å²) in [5.41, 5.74) is 0.366. The summed E-state index contributed by atoms with van der Waals surface area (Å²) in [7, 11) is -3.25. The van der Waals surface area contributed by atoms with Gasteiger partial charge in [-0.3, -0.25) is 9.59 Å². The lowest BCUT2D eigenvalue weighted by atomic mass is 9.84. The molecule has 1 aromatic carbocycles. The molecule has 1 atom stereocenters. The average Bonchev–Trinajstić information content (AvgIpc) is 2.65. The lowest BCUT2D eigenvalue weighted by Crippen LogP contribution is -2.50. The number of amides is 2. The molecule has 6 nitrogen and oxygen atoms in total. The number of sulfone groups is 1. The molecule has 1 aliphatic rings. The van der Waals surface area contributed by atoms with Crippen molar-refractivity contribution >= 4 is 33.3 Å². The van der Waals surface area contributed by atoms with Crippen molar-refractivity contribution < 1.29 is 18.0 Å². The van der Waals surface area contributed by atoms with E-state index in [0.29, 0.717) is 16.5 Å². The minimum Gasteiger partial charge on any atom is -0.352 e. The van der Waals surface area contributed by atoms with E-state index in [1.807, 2.05) is 0 Å². The van der Waals surface area contributed by atoms with Crippen LogP contribution in [-0.4, -0.2) is 44.3 Å². The molecule has 0 radical (unpaired) electrons. The van der Waals surface area contributed by atoms with Gasteiger partial charge < -0.3 is 10.6 Å². The summed E-state index contributed by atoms with van der Waals surface area (Å²) in [5.74, 6) is -0.223. The van der Waals surface area contributed by atoms with Gasteiger partial charge in [0.05, 0.1) is 5.75 Å². The summed E-state index contributed by atoms with van der Waals surface area (Å²) in [6.45, 7) is 2.18. The molecule has 1 fully saturated rings. The molecule has 0 saturated heterocycles. The number of benzene rings is 1. The highest BCUT2D eigenvalue weighted by molar-refractivity contribution is 7.90. The van der Waals surface area contributed by atoms with Gasteiger partial charge in [0.1, 0.15) is 15.9 Å². The van der Waals surface area contributed by atoms with E-state index in [9.17, 15) is 18.0 Å². The van der Waals surface area contributed by atoms with Crippen molar-refractivity contribution in [3.05, 3.63) is 34.9 Å². The summed E-state index contributed by atoms with van der Waals surface area (Å²) in [4.78, 5) is 25.2. The number of nitrogens with one attached hydrogen (secondary N) is 2. The van der Waals surface area contributed by atoms with Crippen LogP contribution in [0.4, 0.5) is 0 Å². The molecule has 1 saturated carbocycles. The first-order valence-corrected chi connectivity index (χ1v) is 12.2. The van der Waals surface area contributed by atoms with E-state index in [4.69, 9.17) is 11.6 Å². The maximum Gasteiger partial charge on any atom is 0.251 e. The maximum absolute atomic E-state index is 12.8. The summed E-state index contributed by atoms with van der Waals surface area (Å²) < 4.78 is 23.1. The van der Waals surface area contributed by atoms with Crippen LogP contribution < -0.4 is 10.6 Å². The molecule has 0 aliphatic heterocycles. The zero-order valence-electron chi connectivity index (χ0n) is 16.4. The number of rotatable bonds is 8. The first-order chi connectivity index (χ1) is 13.2. The molecule has 0 spiro atoms. The third-order valence-electron chi connectivity index (χ3n) is 5.28. The van der Waals surface area contributed by atoms with Crippen LogP contribution in [0.5, 0.6) is 0 Å². The van der Waals surface area contributed by atoms with E-state index in [1.165, 1.54) is 0 Å². The van der Waals surface area contributed by atoms with Gasteiger partial charge in [-0.05, 0) is 62.3 Å². The lowest BCUT2D eigenvalue weighted by molar-refractivity contribution is -0.124. The third-order valence-corrected chi connectivity index (χ3v) is 6.51. The number of hydrogen-bond acceptors (Lipinski definition) is 4. The molecule has 2 rings (SSSR count). The molecule has 156 valence electrons. The minimum absolute atomic E-state index is 0.0360. The average molecular weight is 429 g/mol.